The third-order valence-electron chi connectivity index (χ3n) is 9.41. The average Bonchev–Trinajstić information content (AvgIpc) is 3.54. The molecule has 0 spiro atoms. The molecule has 6 rings (SSSR count). The van der Waals surface area contributed by atoms with Gasteiger partial charge in [-0.2, -0.15) is 0 Å². The maximum absolute atomic E-state index is 5.40. The quantitative estimate of drug-likeness (QED) is 0.179. The predicted octanol–water partition coefficient (Wildman–Crippen LogP) is 9.85. The summed E-state index contributed by atoms with van der Waals surface area (Å²) in [5.74, 6) is 0. The van der Waals surface area contributed by atoms with Crippen LogP contribution >= 0.6 is 24.8 Å². The van der Waals surface area contributed by atoms with Crippen molar-refractivity contribution in [3.8, 4) is 11.1 Å². The Hall–Kier alpha value is -2.05. The normalized spacial score (nSPS) is 15.4. The molecule has 0 radical (unpaired) electrons. The van der Waals surface area contributed by atoms with Gasteiger partial charge in [0.05, 0.1) is 0 Å². The van der Waals surface area contributed by atoms with Gasteiger partial charge in [0.2, 0.25) is 0 Å². The molecule has 0 heterocycles. The van der Waals surface area contributed by atoms with E-state index in [-0.39, 0.29) is 35.6 Å². The Kier molecular flexibility index (Phi) is 8.97. The van der Waals surface area contributed by atoms with E-state index in [0.717, 1.165) is 12.8 Å². The minimum atomic E-state index is -3.61. The molecule has 0 amide bonds. The first-order valence-corrected chi connectivity index (χ1v) is 20.3. The third-order valence-corrected chi connectivity index (χ3v) is 20.0. The van der Waals surface area contributed by atoms with Crippen molar-refractivity contribution >= 4 is 46.3 Å². The van der Waals surface area contributed by atoms with Crippen molar-refractivity contribution in [1.29, 1.82) is 0 Å². The first-order valence-electron chi connectivity index (χ1n) is 14.8. The number of halogens is 2. The molecule has 0 aliphatic heterocycles. The molecule has 1 unspecified atom stereocenters. The van der Waals surface area contributed by atoms with E-state index in [2.05, 4.69) is 134 Å². The first kappa shape index (κ1) is 32.9. The fourth-order valence-corrected chi connectivity index (χ4v) is 17.6. The molecule has 42 heavy (non-hydrogen) atoms. The van der Waals surface area contributed by atoms with E-state index in [1.165, 1.54) is 53.0 Å². The number of aryl methyl sites for hydroxylation is 1. The summed E-state index contributed by atoms with van der Waals surface area (Å²) in [6.07, 6.45) is 9.06. The summed E-state index contributed by atoms with van der Waals surface area (Å²) in [7, 11) is 0. The first-order chi connectivity index (χ1) is 18.8. The molecule has 0 saturated carbocycles. The van der Waals surface area contributed by atoms with Gasteiger partial charge in [0.25, 0.3) is 0 Å². The van der Waals surface area contributed by atoms with E-state index in [0.29, 0.717) is 0 Å². The van der Waals surface area contributed by atoms with Crippen molar-refractivity contribution in [1.82, 2.24) is 0 Å². The summed E-state index contributed by atoms with van der Waals surface area (Å²) in [6.45, 7) is 18.9. The predicted molar refractivity (Wildman–Crippen MR) is 188 cm³/mol. The van der Waals surface area contributed by atoms with E-state index in [4.69, 9.17) is 4.21 Å². The average molecular weight is 676 g/mol. The molecule has 219 valence electrons. The molecule has 0 nitrogen and oxygen atoms in total. The molecule has 2 aliphatic carbocycles. The van der Waals surface area contributed by atoms with Crippen LogP contribution in [0.5, 0.6) is 0 Å². The minimum absolute atomic E-state index is 0. The third kappa shape index (κ3) is 5.29. The van der Waals surface area contributed by atoms with Gasteiger partial charge in [0.15, 0.2) is 0 Å². The molecule has 0 bridgehead atoms. The second kappa shape index (κ2) is 11.5. The summed E-state index contributed by atoms with van der Waals surface area (Å²) in [6, 6.07) is 23.6. The number of fused-ring (bicyclic) bond motifs is 4. The van der Waals surface area contributed by atoms with E-state index in [9.17, 15) is 0 Å². The Balaban J connectivity index is 0.00000202. The van der Waals surface area contributed by atoms with E-state index in [1.54, 1.807) is 12.1 Å². The summed E-state index contributed by atoms with van der Waals surface area (Å²) in [5.41, 5.74) is 11.9. The number of hydrogen-bond donors (Lipinski definition) is 0. The van der Waals surface area contributed by atoms with Crippen molar-refractivity contribution < 1.29 is 19.8 Å². The zero-order valence-electron chi connectivity index (χ0n) is 26.4. The standard InChI is InChI=1S/C23H29.C10H7.C5H5.CH2.2ClH.Zr/c1-14-9-16-11-17-10-15(2)21(23(6,7)8)13-19(17)18(16)12-20(14)22(3,4)5;1-2-6-10-8-4-3-7-9(10)5-1;1-2-4-5-3-1;;;;/h9,12-13H,11H2,1-8H3;1-3,5-8H;1-3H,4H2;1H2;2*1H;. The van der Waals surface area contributed by atoms with Gasteiger partial charge >= 0.3 is 247 Å². The van der Waals surface area contributed by atoms with Crippen LogP contribution in [0.1, 0.15) is 81.3 Å². The second-order valence-corrected chi connectivity index (χ2v) is 22.9. The fourth-order valence-electron chi connectivity index (χ4n) is 7.49. The molecule has 0 N–H and O–H groups in total. The maximum atomic E-state index is 5.40. The van der Waals surface area contributed by atoms with Crippen molar-refractivity contribution in [3.63, 3.8) is 0 Å². The van der Waals surface area contributed by atoms with Crippen molar-refractivity contribution in [2.75, 3.05) is 0 Å². The fraction of sp³-hybridized carbons (Fsp3) is 0.308. The van der Waals surface area contributed by atoms with Crippen LogP contribution in [0, 0.1) is 13.8 Å². The van der Waals surface area contributed by atoms with Gasteiger partial charge in [-0.3, -0.25) is 0 Å². The van der Waals surface area contributed by atoms with Crippen LogP contribution in [0.25, 0.3) is 21.9 Å². The Bertz CT molecular complexity index is 1810. The molecular weight excluding hydrogens is 631 g/mol. The van der Waals surface area contributed by atoms with Crippen LogP contribution in [0.4, 0.5) is 0 Å². The summed E-state index contributed by atoms with van der Waals surface area (Å²) >= 11 is -3.61. The molecule has 1 atom stereocenters. The van der Waals surface area contributed by atoms with Crippen molar-refractivity contribution in [2.24, 2.45) is 0 Å². The summed E-state index contributed by atoms with van der Waals surface area (Å²) in [4.78, 5) is 0. The van der Waals surface area contributed by atoms with Gasteiger partial charge < -0.3 is 0 Å². The van der Waals surface area contributed by atoms with Crippen LogP contribution in [-0.4, -0.2) is 4.21 Å². The molecule has 4 aromatic rings. The van der Waals surface area contributed by atoms with E-state index < -0.39 is 19.8 Å². The Morgan fingerprint density at radius 3 is 2.00 bits per heavy atom. The summed E-state index contributed by atoms with van der Waals surface area (Å²) in [5, 5.41) is 2.63. The SMILES string of the molecule is Cl.Cl.[CH2]=[Zr]([C]1=CC=CC1)([c]1ccc2ccccc2c1)[c]1c(C)c(C(C)(C)C)cc2c1Cc1cc(C)c(C(C)(C)C)cc1-2. The van der Waals surface area contributed by atoms with Crippen molar-refractivity contribution in [2.45, 2.75) is 79.1 Å². The topological polar surface area (TPSA) is 0 Å². The van der Waals surface area contributed by atoms with Crippen LogP contribution in [-0.2, 0) is 37.0 Å². The van der Waals surface area contributed by atoms with Crippen LogP contribution in [0.2, 0.25) is 0 Å². The number of rotatable bonds is 3. The zero-order valence-corrected chi connectivity index (χ0v) is 30.5. The molecule has 0 saturated heterocycles. The van der Waals surface area contributed by atoms with Gasteiger partial charge in [-0.15, -0.1) is 24.8 Å². The molecule has 2 aliphatic rings. The van der Waals surface area contributed by atoms with E-state index in [1.807, 2.05) is 0 Å². The van der Waals surface area contributed by atoms with Crippen LogP contribution in [0.3, 0.4) is 0 Å². The van der Waals surface area contributed by atoms with Gasteiger partial charge in [-0.05, 0) is 0 Å². The number of allylic oxidation sites excluding steroid dienone is 4. The van der Waals surface area contributed by atoms with Gasteiger partial charge in [0, 0.05) is 0 Å². The second-order valence-electron chi connectivity index (χ2n) is 14.2. The Morgan fingerprint density at radius 2 is 1.38 bits per heavy atom. The van der Waals surface area contributed by atoms with Crippen LogP contribution in [0.15, 0.2) is 82.2 Å². The monoisotopic (exact) mass is 673 g/mol. The Labute approximate surface area is 270 Å². The number of benzene rings is 4. The van der Waals surface area contributed by atoms with E-state index >= 15 is 0 Å². The van der Waals surface area contributed by atoms with Gasteiger partial charge in [0.1, 0.15) is 0 Å². The van der Waals surface area contributed by atoms with Crippen molar-refractivity contribution in [3.05, 3.63) is 116 Å². The van der Waals surface area contributed by atoms with Gasteiger partial charge in [-0.1, -0.05) is 0 Å². The molecule has 3 heteroatoms. The molecule has 4 aromatic carbocycles. The Morgan fingerprint density at radius 1 is 0.738 bits per heavy atom. The number of hydrogen-bond acceptors (Lipinski definition) is 0. The molecule has 0 aromatic heterocycles. The van der Waals surface area contributed by atoms with Crippen LogP contribution < -0.4 is 6.54 Å². The van der Waals surface area contributed by atoms with Gasteiger partial charge in [-0.25, -0.2) is 0 Å². The molecule has 0 fully saturated rings. The molecular formula is C39H45Cl2Zr. The zero-order chi connectivity index (χ0) is 28.6. The summed E-state index contributed by atoms with van der Waals surface area (Å²) < 4.78 is 10.1.